The van der Waals surface area contributed by atoms with Gasteiger partial charge in [-0.15, -0.1) is 11.3 Å². The number of para-hydroxylation sites is 1. The lowest BCUT2D eigenvalue weighted by Crippen LogP contribution is -2.23. The predicted octanol–water partition coefficient (Wildman–Crippen LogP) is 3.93. The fraction of sp³-hybridized carbons (Fsp3) is 0.125. The molecule has 3 rings (SSSR count). The summed E-state index contributed by atoms with van der Waals surface area (Å²) in [6.45, 7) is 0.454. The van der Waals surface area contributed by atoms with E-state index in [9.17, 15) is 9.18 Å². The number of halogens is 2. The van der Waals surface area contributed by atoms with Gasteiger partial charge in [-0.2, -0.15) is 0 Å². The molecular weight excluding hydrogens is 381 g/mol. The Labute approximate surface area is 144 Å². The zero-order chi connectivity index (χ0) is 16.6. The van der Waals surface area contributed by atoms with Crippen LogP contribution >= 0.6 is 27.3 Å². The van der Waals surface area contributed by atoms with Crippen molar-refractivity contribution < 1.29 is 9.18 Å². The van der Waals surface area contributed by atoms with E-state index in [-0.39, 0.29) is 5.56 Å². The van der Waals surface area contributed by atoms with Gasteiger partial charge in [0.05, 0.1) is 28.0 Å². The summed E-state index contributed by atoms with van der Waals surface area (Å²) in [5.74, 6) is -1.43. The lowest BCUT2D eigenvalue weighted by Gasteiger charge is -2.21. The van der Waals surface area contributed by atoms with Crippen LogP contribution in [0.15, 0.2) is 40.9 Å². The van der Waals surface area contributed by atoms with Gasteiger partial charge >= 0.3 is 0 Å². The van der Waals surface area contributed by atoms with E-state index in [2.05, 4.69) is 20.9 Å². The lowest BCUT2D eigenvalue weighted by atomic mass is 10.1. The van der Waals surface area contributed by atoms with Gasteiger partial charge in [0.1, 0.15) is 10.8 Å². The molecule has 0 aliphatic heterocycles. The maximum Gasteiger partial charge on any atom is 0.253 e. The number of aromatic nitrogens is 1. The Bertz CT molecular complexity index is 863. The summed E-state index contributed by atoms with van der Waals surface area (Å²) in [4.78, 5) is 17.9. The molecular formula is C16H13BrFN3OS. The fourth-order valence-corrected chi connectivity index (χ4v) is 3.82. The topological polar surface area (TPSA) is 59.2 Å². The van der Waals surface area contributed by atoms with Crippen LogP contribution in [0.1, 0.15) is 15.4 Å². The summed E-state index contributed by atoms with van der Waals surface area (Å²) in [5, 5.41) is 0.879. The number of anilines is 1. The van der Waals surface area contributed by atoms with Crippen LogP contribution in [0.4, 0.5) is 10.1 Å². The number of carbonyl (C=O) groups excluding carboxylic acids is 1. The minimum Gasteiger partial charge on any atom is -0.367 e. The molecule has 0 saturated carbocycles. The van der Waals surface area contributed by atoms with Crippen molar-refractivity contribution in [1.82, 2.24) is 4.98 Å². The highest BCUT2D eigenvalue weighted by Gasteiger charge is 2.19. The van der Waals surface area contributed by atoms with Crippen molar-refractivity contribution in [2.24, 2.45) is 5.73 Å². The molecule has 0 spiro atoms. The summed E-state index contributed by atoms with van der Waals surface area (Å²) in [7, 11) is 1.78. The van der Waals surface area contributed by atoms with Gasteiger partial charge in [-0.25, -0.2) is 9.37 Å². The number of nitrogens with two attached hydrogens (primary N) is 1. The van der Waals surface area contributed by atoms with Gasteiger partial charge in [-0.1, -0.05) is 28.1 Å². The van der Waals surface area contributed by atoms with Crippen LogP contribution in [0.25, 0.3) is 10.2 Å². The second-order valence-electron chi connectivity index (χ2n) is 5.08. The van der Waals surface area contributed by atoms with Crippen molar-refractivity contribution in [3.63, 3.8) is 0 Å². The highest BCUT2D eigenvalue weighted by Crippen LogP contribution is 2.29. The number of amides is 1. The van der Waals surface area contributed by atoms with Gasteiger partial charge in [0.25, 0.3) is 5.91 Å². The van der Waals surface area contributed by atoms with Crippen molar-refractivity contribution in [3.05, 3.63) is 57.3 Å². The Morgan fingerprint density at radius 2 is 2.13 bits per heavy atom. The summed E-state index contributed by atoms with van der Waals surface area (Å²) in [6.07, 6.45) is 0. The molecule has 118 valence electrons. The number of rotatable bonds is 4. The number of thiazole rings is 1. The molecule has 0 saturated heterocycles. The van der Waals surface area contributed by atoms with E-state index in [1.807, 2.05) is 24.3 Å². The first-order chi connectivity index (χ1) is 11.0. The van der Waals surface area contributed by atoms with Crippen LogP contribution in [0, 0.1) is 5.82 Å². The summed E-state index contributed by atoms with van der Waals surface area (Å²) in [5.41, 5.74) is 6.57. The van der Waals surface area contributed by atoms with Crippen LogP contribution in [0.3, 0.4) is 0 Å². The summed E-state index contributed by atoms with van der Waals surface area (Å²) < 4.78 is 15.7. The van der Waals surface area contributed by atoms with E-state index >= 15 is 0 Å². The quantitative estimate of drug-likeness (QED) is 0.730. The summed E-state index contributed by atoms with van der Waals surface area (Å²) in [6, 6.07) is 10.8. The maximum atomic E-state index is 14.1. The van der Waals surface area contributed by atoms with Gasteiger partial charge in [0.15, 0.2) is 0 Å². The van der Waals surface area contributed by atoms with E-state index < -0.39 is 11.7 Å². The number of carbonyl (C=O) groups is 1. The van der Waals surface area contributed by atoms with Crippen molar-refractivity contribution in [2.45, 2.75) is 6.54 Å². The number of hydrogen-bond donors (Lipinski definition) is 1. The fourth-order valence-electron chi connectivity index (χ4n) is 2.38. The molecule has 3 aromatic rings. The summed E-state index contributed by atoms with van der Waals surface area (Å²) >= 11 is 4.81. The molecule has 23 heavy (non-hydrogen) atoms. The maximum absolute atomic E-state index is 14.1. The van der Waals surface area contributed by atoms with Crippen LogP contribution in [-0.4, -0.2) is 17.9 Å². The normalized spacial score (nSPS) is 10.9. The van der Waals surface area contributed by atoms with Gasteiger partial charge in [0.2, 0.25) is 0 Å². The molecule has 0 bridgehead atoms. The average Bonchev–Trinajstić information content (AvgIpc) is 2.87. The van der Waals surface area contributed by atoms with E-state index in [4.69, 9.17) is 5.73 Å². The third-order valence-electron chi connectivity index (χ3n) is 3.40. The molecule has 1 heterocycles. The standard InChI is InChI=1S/C16H13BrFN3OS/c1-21(8-14-20-11-4-2-3-5-13(11)23-14)12-7-9(17)6-10(18)15(12)16(19)22/h2-7H,8H2,1H3,(H2,19,22). The highest BCUT2D eigenvalue weighted by molar-refractivity contribution is 9.10. The molecule has 0 aliphatic rings. The largest absolute Gasteiger partial charge is 0.367 e. The molecule has 0 radical (unpaired) electrons. The Kier molecular flexibility index (Phi) is 4.32. The van der Waals surface area contributed by atoms with Crippen molar-refractivity contribution in [1.29, 1.82) is 0 Å². The Morgan fingerprint density at radius 3 is 2.83 bits per heavy atom. The van der Waals surface area contributed by atoms with Crippen LogP contribution < -0.4 is 10.6 Å². The zero-order valence-corrected chi connectivity index (χ0v) is 14.6. The van der Waals surface area contributed by atoms with Crippen LogP contribution in [-0.2, 0) is 6.54 Å². The Balaban J connectivity index is 1.97. The van der Waals surface area contributed by atoms with Crippen molar-refractivity contribution >= 4 is 49.1 Å². The number of primary amides is 1. The molecule has 7 heteroatoms. The number of hydrogen-bond acceptors (Lipinski definition) is 4. The molecule has 0 unspecified atom stereocenters. The predicted molar refractivity (Wildman–Crippen MR) is 94.3 cm³/mol. The lowest BCUT2D eigenvalue weighted by molar-refractivity contribution is 0.0997. The molecule has 1 aromatic heterocycles. The van der Waals surface area contributed by atoms with Gasteiger partial charge < -0.3 is 10.6 Å². The monoisotopic (exact) mass is 393 g/mol. The number of benzene rings is 2. The average molecular weight is 394 g/mol. The van der Waals surface area contributed by atoms with Crippen molar-refractivity contribution in [3.8, 4) is 0 Å². The van der Waals surface area contributed by atoms with Gasteiger partial charge in [-0.05, 0) is 24.3 Å². The first-order valence-electron chi connectivity index (χ1n) is 6.80. The van der Waals surface area contributed by atoms with E-state index in [1.54, 1.807) is 29.4 Å². The first kappa shape index (κ1) is 15.9. The zero-order valence-electron chi connectivity index (χ0n) is 12.2. The number of fused-ring (bicyclic) bond motifs is 1. The third kappa shape index (κ3) is 3.20. The number of nitrogens with zero attached hydrogens (tertiary/aromatic N) is 2. The highest BCUT2D eigenvalue weighted by atomic mass is 79.9. The molecule has 0 fully saturated rings. The Hall–Kier alpha value is -1.99. The second kappa shape index (κ2) is 6.25. The van der Waals surface area contributed by atoms with Crippen LogP contribution in [0.2, 0.25) is 0 Å². The minimum absolute atomic E-state index is 0.114. The molecule has 4 nitrogen and oxygen atoms in total. The molecule has 2 N–H and O–H groups in total. The SMILES string of the molecule is CN(Cc1nc2ccccc2s1)c1cc(Br)cc(F)c1C(N)=O. The van der Waals surface area contributed by atoms with Crippen molar-refractivity contribution in [2.75, 3.05) is 11.9 Å². The first-order valence-corrected chi connectivity index (χ1v) is 8.41. The Morgan fingerprint density at radius 1 is 1.39 bits per heavy atom. The van der Waals surface area contributed by atoms with Gasteiger partial charge in [-0.3, -0.25) is 4.79 Å². The van der Waals surface area contributed by atoms with Gasteiger partial charge in [0, 0.05) is 11.5 Å². The minimum atomic E-state index is -0.791. The molecule has 0 atom stereocenters. The molecule has 2 aromatic carbocycles. The molecule has 0 aliphatic carbocycles. The smallest absolute Gasteiger partial charge is 0.253 e. The third-order valence-corrected chi connectivity index (χ3v) is 4.88. The van der Waals surface area contributed by atoms with Crippen LogP contribution in [0.5, 0.6) is 0 Å². The van der Waals surface area contributed by atoms with E-state index in [0.717, 1.165) is 15.2 Å². The van der Waals surface area contributed by atoms with E-state index in [0.29, 0.717) is 16.7 Å². The molecule has 1 amide bonds. The van der Waals surface area contributed by atoms with E-state index in [1.165, 1.54) is 6.07 Å². The second-order valence-corrected chi connectivity index (χ2v) is 7.11.